The Kier molecular flexibility index (Phi) is 5.66. The van der Waals surface area contributed by atoms with E-state index < -0.39 is 11.7 Å². The molecule has 0 fully saturated rings. The van der Waals surface area contributed by atoms with Crippen molar-refractivity contribution in [3.8, 4) is 0 Å². The van der Waals surface area contributed by atoms with Crippen LogP contribution in [0.1, 0.15) is 61.3 Å². The van der Waals surface area contributed by atoms with Crippen molar-refractivity contribution < 1.29 is 9.53 Å². The number of rotatable bonds is 3. The Morgan fingerprint density at radius 3 is 2.06 bits per heavy atom. The molecule has 0 aromatic carbocycles. The Balaban J connectivity index is 4.50. The molecular weight excluding hydrogens is 216 g/mol. The fraction of sp³-hybridized carbons (Fsp3) is 0.846. The Morgan fingerprint density at radius 1 is 1.18 bits per heavy atom. The van der Waals surface area contributed by atoms with Gasteiger partial charge in [0.25, 0.3) is 0 Å². The van der Waals surface area contributed by atoms with Gasteiger partial charge < -0.3 is 4.74 Å². The molecule has 0 saturated heterocycles. The summed E-state index contributed by atoms with van der Waals surface area (Å²) in [5, 5.41) is 4.16. The van der Waals surface area contributed by atoms with Gasteiger partial charge in [0.05, 0.1) is 0 Å². The second-order valence-corrected chi connectivity index (χ2v) is 6.17. The van der Waals surface area contributed by atoms with Crippen LogP contribution in [0.2, 0.25) is 0 Å². The first-order chi connectivity index (χ1) is 7.56. The van der Waals surface area contributed by atoms with Crippen LogP contribution in [0.3, 0.4) is 0 Å². The van der Waals surface area contributed by atoms with Crippen molar-refractivity contribution in [1.29, 1.82) is 0 Å². The van der Waals surface area contributed by atoms with E-state index in [9.17, 15) is 4.79 Å². The Morgan fingerprint density at radius 2 is 1.71 bits per heavy atom. The number of ether oxygens (including phenoxy) is 1. The van der Waals surface area contributed by atoms with Crippen LogP contribution >= 0.6 is 0 Å². The highest BCUT2D eigenvalue weighted by Crippen LogP contribution is 2.19. The Labute approximate surface area is 105 Å². The predicted molar refractivity (Wildman–Crippen MR) is 71.2 cm³/mol. The van der Waals surface area contributed by atoms with Crippen molar-refractivity contribution in [3.05, 3.63) is 0 Å². The average Bonchev–Trinajstić information content (AvgIpc) is 2.07. The summed E-state index contributed by atoms with van der Waals surface area (Å²) in [7, 11) is 0. The van der Waals surface area contributed by atoms with Crippen molar-refractivity contribution >= 4 is 11.8 Å². The smallest absolute Gasteiger partial charge is 0.428 e. The SMILES string of the molecule is CCCC(=NNC(=O)OC(C)(C)C)C(C)(C)C. The summed E-state index contributed by atoms with van der Waals surface area (Å²) in [6, 6.07) is 0. The number of carbonyl (C=O) groups is 1. The van der Waals surface area contributed by atoms with Gasteiger partial charge in [0.15, 0.2) is 0 Å². The molecule has 0 atom stereocenters. The first-order valence-corrected chi connectivity index (χ1v) is 6.12. The fourth-order valence-electron chi connectivity index (χ4n) is 1.25. The molecule has 0 spiro atoms. The first-order valence-electron chi connectivity index (χ1n) is 6.12. The molecule has 0 aliphatic rings. The summed E-state index contributed by atoms with van der Waals surface area (Å²) in [6.45, 7) is 13.8. The molecule has 0 heterocycles. The Bertz CT molecular complexity index is 283. The summed E-state index contributed by atoms with van der Waals surface area (Å²) in [5.41, 5.74) is 2.90. The first kappa shape index (κ1) is 15.9. The zero-order valence-corrected chi connectivity index (χ0v) is 12.2. The van der Waals surface area contributed by atoms with E-state index in [0.717, 1.165) is 18.6 Å². The normalized spacial score (nSPS) is 13.5. The van der Waals surface area contributed by atoms with Gasteiger partial charge in [-0.3, -0.25) is 0 Å². The maximum Gasteiger partial charge on any atom is 0.428 e. The maximum absolute atomic E-state index is 11.5. The minimum atomic E-state index is -0.504. The molecule has 17 heavy (non-hydrogen) atoms. The van der Waals surface area contributed by atoms with Gasteiger partial charge in [-0.15, -0.1) is 0 Å². The average molecular weight is 242 g/mol. The number of nitrogens with one attached hydrogen (secondary N) is 1. The number of carbonyl (C=O) groups excluding carboxylic acids is 1. The minimum Gasteiger partial charge on any atom is -0.443 e. The molecule has 0 aliphatic heterocycles. The van der Waals surface area contributed by atoms with E-state index in [4.69, 9.17) is 4.74 Å². The van der Waals surface area contributed by atoms with Crippen molar-refractivity contribution in [3.63, 3.8) is 0 Å². The molecular formula is C13H26N2O2. The number of hydrogen-bond acceptors (Lipinski definition) is 3. The molecule has 4 heteroatoms. The zero-order valence-electron chi connectivity index (χ0n) is 12.2. The van der Waals surface area contributed by atoms with Crippen molar-refractivity contribution in [2.45, 2.75) is 66.9 Å². The van der Waals surface area contributed by atoms with Crippen molar-refractivity contribution in [2.24, 2.45) is 10.5 Å². The van der Waals surface area contributed by atoms with Gasteiger partial charge in [-0.05, 0) is 27.2 Å². The zero-order chi connectivity index (χ0) is 13.7. The van der Waals surface area contributed by atoms with E-state index in [1.807, 2.05) is 20.8 Å². The predicted octanol–water partition coefficient (Wildman–Crippen LogP) is 3.71. The van der Waals surface area contributed by atoms with Crippen LogP contribution in [0.25, 0.3) is 0 Å². The van der Waals surface area contributed by atoms with Crippen LogP contribution in [-0.4, -0.2) is 17.4 Å². The van der Waals surface area contributed by atoms with Crippen LogP contribution in [0.4, 0.5) is 4.79 Å². The summed E-state index contributed by atoms with van der Waals surface area (Å²) >= 11 is 0. The molecule has 0 saturated carbocycles. The second kappa shape index (κ2) is 6.03. The van der Waals surface area contributed by atoms with Crippen molar-refractivity contribution in [1.82, 2.24) is 5.43 Å². The van der Waals surface area contributed by atoms with E-state index in [1.165, 1.54) is 0 Å². The molecule has 0 rings (SSSR count). The standard InChI is InChI=1S/C13H26N2O2/c1-8-9-10(12(2,3)4)14-15-11(16)17-13(5,6)7/h8-9H2,1-7H3,(H,15,16). The molecule has 0 radical (unpaired) electrons. The van der Waals surface area contributed by atoms with Crippen LogP contribution in [0, 0.1) is 5.41 Å². The lowest BCUT2D eigenvalue weighted by molar-refractivity contribution is 0.0528. The molecule has 4 nitrogen and oxygen atoms in total. The van der Waals surface area contributed by atoms with Crippen LogP contribution < -0.4 is 5.43 Å². The van der Waals surface area contributed by atoms with Gasteiger partial charge in [-0.1, -0.05) is 34.1 Å². The van der Waals surface area contributed by atoms with Gasteiger partial charge in [-0.25, -0.2) is 10.2 Å². The quantitative estimate of drug-likeness (QED) is 0.606. The Hall–Kier alpha value is -1.06. The van der Waals surface area contributed by atoms with E-state index in [2.05, 4.69) is 38.2 Å². The summed E-state index contributed by atoms with van der Waals surface area (Å²) in [4.78, 5) is 11.5. The maximum atomic E-state index is 11.5. The lowest BCUT2D eigenvalue weighted by Crippen LogP contribution is -2.32. The molecule has 0 aliphatic carbocycles. The second-order valence-electron chi connectivity index (χ2n) is 6.17. The highest BCUT2D eigenvalue weighted by Gasteiger charge is 2.20. The number of hydrogen-bond donors (Lipinski definition) is 1. The van der Waals surface area contributed by atoms with Crippen LogP contribution in [0.5, 0.6) is 0 Å². The lowest BCUT2D eigenvalue weighted by Gasteiger charge is -2.22. The van der Waals surface area contributed by atoms with E-state index >= 15 is 0 Å². The number of nitrogens with zero attached hydrogens (tertiary/aromatic N) is 1. The van der Waals surface area contributed by atoms with Crippen LogP contribution in [-0.2, 0) is 4.74 Å². The minimum absolute atomic E-state index is 0.0367. The summed E-state index contributed by atoms with van der Waals surface area (Å²) in [5.74, 6) is 0. The van der Waals surface area contributed by atoms with Crippen molar-refractivity contribution in [2.75, 3.05) is 0 Å². The number of amides is 1. The monoisotopic (exact) mass is 242 g/mol. The molecule has 100 valence electrons. The largest absolute Gasteiger partial charge is 0.443 e. The molecule has 0 unspecified atom stereocenters. The topological polar surface area (TPSA) is 50.7 Å². The van der Waals surface area contributed by atoms with Gasteiger partial charge in [0.2, 0.25) is 0 Å². The molecule has 0 aromatic rings. The third-order valence-electron chi connectivity index (χ3n) is 2.03. The van der Waals surface area contributed by atoms with Crippen LogP contribution in [0.15, 0.2) is 5.10 Å². The molecule has 0 bridgehead atoms. The van der Waals surface area contributed by atoms with Gasteiger partial charge in [0.1, 0.15) is 5.60 Å². The molecule has 1 amide bonds. The van der Waals surface area contributed by atoms with Gasteiger partial charge >= 0.3 is 6.09 Å². The molecule has 1 N–H and O–H groups in total. The fourth-order valence-corrected chi connectivity index (χ4v) is 1.25. The molecule has 0 aromatic heterocycles. The van der Waals surface area contributed by atoms with E-state index in [-0.39, 0.29) is 5.41 Å². The third-order valence-corrected chi connectivity index (χ3v) is 2.03. The van der Waals surface area contributed by atoms with E-state index in [1.54, 1.807) is 0 Å². The lowest BCUT2D eigenvalue weighted by atomic mass is 9.87. The highest BCUT2D eigenvalue weighted by atomic mass is 16.6. The van der Waals surface area contributed by atoms with E-state index in [0.29, 0.717) is 0 Å². The van der Waals surface area contributed by atoms with Gasteiger partial charge in [0, 0.05) is 11.1 Å². The summed E-state index contributed by atoms with van der Waals surface area (Å²) in [6.07, 6.45) is 1.38. The number of hydrazone groups is 1. The van der Waals surface area contributed by atoms with Gasteiger partial charge in [-0.2, -0.15) is 5.10 Å². The summed E-state index contributed by atoms with van der Waals surface area (Å²) < 4.78 is 5.12. The third kappa shape index (κ3) is 7.77. The highest BCUT2D eigenvalue weighted by molar-refractivity contribution is 5.89.